The van der Waals surface area contributed by atoms with Crippen LogP contribution in [0.15, 0.2) is 35.3 Å². The maximum absolute atomic E-state index is 12.4. The van der Waals surface area contributed by atoms with Crippen molar-refractivity contribution in [3.63, 3.8) is 0 Å². The zero-order valence-electron chi connectivity index (χ0n) is 14.3. The quantitative estimate of drug-likeness (QED) is 0.358. The molecule has 6 N–H and O–H groups in total. The number of aromatic nitrogens is 2. The molecule has 1 aromatic heterocycles. The number of hydrogen-bond acceptors (Lipinski definition) is 8. The molecule has 0 saturated carbocycles. The molecule has 1 fully saturated rings. The zero-order chi connectivity index (χ0) is 20.4. The first-order valence-corrected chi connectivity index (χ1v) is 8.66. The molecule has 1 aliphatic heterocycles. The van der Waals surface area contributed by atoms with E-state index in [1.807, 2.05) is 0 Å². The van der Waals surface area contributed by atoms with Crippen LogP contribution < -0.4 is 10.9 Å². The van der Waals surface area contributed by atoms with E-state index in [9.17, 15) is 24.9 Å². The monoisotopic (exact) mass is 411 g/mol. The molecule has 1 aliphatic rings. The molecule has 1 saturated heterocycles. The Balaban J connectivity index is 1.77. The first-order chi connectivity index (χ1) is 13.3. The summed E-state index contributed by atoms with van der Waals surface area (Å²) in [5, 5.41) is 41.6. The average Bonchev–Trinajstić information content (AvgIpc) is 2.68. The number of halogens is 1. The molecule has 0 bridgehead atoms. The summed E-state index contributed by atoms with van der Waals surface area (Å²) in [4.78, 5) is 31.1. The van der Waals surface area contributed by atoms with E-state index in [1.54, 1.807) is 24.3 Å². The van der Waals surface area contributed by atoms with Gasteiger partial charge in [-0.3, -0.25) is 9.59 Å². The number of carbonyl (C=O) groups excluding carboxylic acids is 1. The first-order valence-electron chi connectivity index (χ1n) is 8.28. The van der Waals surface area contributed by atoms with Crippen LogP contribution in [0.2, 0.25) is 5.02 Å². The number of ether oxygens (including phenoxy) is 1. The number of aliphatic hydroxyl groups excluding tert-OH is 4. The Morgan fingerprint density at radius 3 is 2.50 bits per heavy atom. The van der Waals surface area contributed by atoms with Crippen LogP contribution in [0.4, 0.5) is 0 Å². The second-order valence-corrected chi connectivity index (χ2v) is 6.65. The van der Waals surface area contributed by atoms with Crippen LogP contribution in [0.25, 0.3) is 11.4 Å². The maximum atomic E-state index is 12.4. The van der Waals surface area contributed by atoms with Crippen LogP contribution in [0, 0.1) is 0 Å². The van der Waals surface area contributed by atoms with Crippen molar-refractivity contribution in [3.8, 4) is 11.4 Å². The lowest BCUT2D eigenvalue weighted by molar-refractivity contribution is -0.252. The molecule has 10 nitrogen and oxygen atoms in total. The number of aromatic amines is 1. The van der Waals surface area contributed by atoms with Gasteiger partial charge in [0.15, 0.2) is 6.29 Å². The Kier molecular flexibility index (Phi) is 6.08. The summed E-state index contributed by atoms with van der Waals surface area (Å²) in [6, 6.07) is 5.11. The SMILES string of the molecule is O=C(NC1C(O)O[C@H](CO)C(O)[C@@H]1O)c1cnc(-c2ccc(Cl)cc2)[nH]c1=O. The minimum atomic E-state index is -1.69. The number of benzene rings is 1. The Hall–Kier alpha value is -2.34. The van der Waals surface area contributed by atoms with Crippen molar-refractivity contribution in [3.05, 3.63) is 51.4 Å². The highest BCUT2D eigenvalue weighted by Gasteiger charge is 2.44. The summed E-state index contributed by atoms with van der Waals surface area (Å²) in [5.41, 5.74) is -0.527. The van der Waals surface area contributed by atoms with E-state index in [1.165, 1.54) is 0 Å². The fourth-order valence-electron chi connectivity index (χ4n) is 2.79. The third-order valence-corrected chi connectivity index (χ3v) is 4.61. The second kappa shape index (κ2) is 8.35. The van der Waals surface area contributed by atoms with E-state index in [0.29, 0.717) is 10.6 Å². The van der Waals surface area contributed by atoms with Gasteiger partial charge in [-0.2, -0.15) is 0 Å². The number of rotatable bonds is 4. The number of aliphatic hydroxyl groups is 4. The van der Waals surface area contributed by atoms with Crippen LogP contribution in [0.1, 0.15) is 10.4 Å². The summed E-state index contributed by atoms with van der Waals surface area (Å²) >= 11 is 5.81. The average molecular weight is 412 g/mol. The predicted octanol–water partition coefficient (Wildman–Crippen LogP) is -1.38. The van der Waals surface area contributed by atoms with Crippen LogP contribution >= 0.6 is 11.6 Å². The lowest BCUT2D eigenvalue weighted by Crippen LogP contribution is -2.64. The summed E-state index contributed by atoms with van der Waals surface area (Å²) < 4.78 is 4.95. The fourth-order valence-corrected chi connectivity index (χ4v) is 2.92. The van der Waals surface area contributed by atoms with Crippen LogP contribution in [-0.4, -0.2) is 73.6 Å². The molecule has 1 aromatic carbocycles. The van der Waals surface area contributed by atoms with Gasteiger partial charge in [0.1, 0.15) is 35.7 Å². The van der Waals surface area contributed by atoms with Crippen molar-refractivity contribution in [2.75, 3.05) is 6.61 Å². The van der Waals surface area contributed by atoms with Crippen molar-refractivity contribution < 1.29 is 30.0 Å². The smallest absolute Gasteiger partial charge is 0.264 e. The molecule has 11 heteroatoms. The first kappa shape index (κ1) is 20.4. The molecule has 150 valence electrons. The van der Waals surface area contributed by atoms with Crippen molar-refractivity contribution in [2.45, 2.75) is 30.6 Å². The van der Waals surface area contributed by atoms with Gasteiger partial charge in [-0.05, 0) is 24.3 Å². The minimum absolute atomic E-state index is 0.223. The molecule has 1 amide bonds. The van der Waals surface area contributed by atoms with Crippen molar-refractivity contribution in [1.29, 1.82) is 0 Å². The van der Waals surface area contributed by atoms with Crippen LogP contribution in [-0.2, 0) is 4.74 Å². The molecule has 2 aromatic rings. The molecule has 3 unspecified atom stereocenters. The number of amides is 1. The van der Waals surface area contributed by atoms with Gasteiger partial charge in [-0.1, -0.05) is 11.6 Å². The van der Waals surface area contributed by atoms with E-state index in [2.05, 4.69) is 15.3 Å². The minimum Gasteiger partial charge on any atom is -0.394 e. The highest BCUT2D eigenvalue weighted by Crippen LogP contribution is 2.20. The number of nitrogens with zero attached hydrogens (tertiary/aromatic N) is 1. The molecule has 0 radical (unpaired) electrons. The molecular formula is C17H18ClN3O7. The fraction of sp³-hybridized carbons (Fsp3) is 0.353. The molecule has 28 heavy (non-hydrogen) atoms. The molecule has 2 heterocycles. The molecule has 3 rings (SSSR count). The highest BCUT2D eigenvalue weighted by atomic mass is 35.5. The van der Waals surface area contributed by atoms with Gasteiger partial charge in [0.05, 0.1) is 6.61 Å². The number of nitrogens with one attached hydrogen (secondary N) is 2. The lowest BCUT2D eigenvalue weighted by Gasteiger charge is -2.40. The van der Waals surface area contributed by atoms with E-state index in [4.69, 9.17) is 21.4 Å². The van der Waals surface area contributed by atoms with Gasteiger partial charge in [-0.25, -0.2) is 4.98 Å². The second-order valence-electron chi connectivity index (χ2n) is 6.21. The standard InChI is InChI=1S/C17H18ClN3O7/c18-8-3-1-7(2-4-8)14-19-5-9(16(26)21-14)15(25)20-11-13(24)12(23)10(6-22)28-17(11)27/h1-5,10-13,17,22-24,27H,6H2,(H,20,25)(H,19,21,26)/t10-,11?,12?,13-,17?/m1/s1. The molecule has 0 aliphatic carbocycles. The molecule has 0 spiro atoms. The van der Waals surface area contributed by atoms with E-state index >= 15 is 0 Å². The normalized spacial score (nSPS) is 27.4. The summed E-state index contributed by atoms with van der Waals surface area (Å²) in [7, 11) is 0. The van der Waals surface area contributed by atoms with Gasteiger partial charge >= 0.3 is 0 Å². The number of carbonyl (C=O) groups is 1. The third kappa shape index (κ3) is 4.07. The number of H-pyrrole nitrogens is 1. The van der Waals surface area contributed by atoms with Gasteiger partial charge in [0, 0.05) is 16.8 Å². The summed E-state index contributed by atoms with van der Waals surface area (Å²) in [6.07, 6.45) is -5.01. The molecule has 5 atom stereocenters. The Morgan fingerprint density at radius 2 is 1.89 bits per heavy atom. The zero-order valence-corrected chi connectivity index (χ0v) is 15.1. The molecular weight excluding hydrogens is 394 g/mol. The van der Waals surface area contributed by atoms with E-state index in [-0.39, 0.29) is 11.4 Å². The van der Waals surface area contributed by atoms with Crippen LogP contribution in [0.5, 0.6) is 0 Å². The van der Waals surface area contributed by atoms with Crippen molar-refractivity contribution in [1.82, 2.24) is 15.3 Å². The Bertz CT molecular complexity index is 904. The Labute approximate surface area is 163 Å². The largest absolute Gasteiger partial charge is 0.394 e. The maximum Gasteiger partial charge on any atom is 0.264 e. The summed E-state index contributed by atoms with van der Waals surface area (Å²) in [6.45, 7) is -0.633. The van der Waals surface area contributed by atoms with Gasteiger partial charge in [0.25, 0.3) is 11.5 Å². The van der Waals surface area contributed by atoms with Crippen LogP contribution in [0.3, 0.4) is 0 Å². The summed E-state index contributed by atoms with van der Waals surface area (Å²) in [5.74, 6) is -0.710. The van der Waals surface area contributed by atoms with Crippen molar-refractivity contribution >= 4 is 17.5 Å². The van der Waals surface area contributed by atoms with Gasteiger partial charge < -0.3 is 35.5 Å². The predicted molar refractivity (Wildman–Crippen MR) is 96.5 cm³/mol. The Morgan fingerprint density at radius 1 is 1.21 bits per heavy atom. The van der Waals surface area contributed by atoms with Gasteiger partial charge in [-0.15, -0.1) is 0 Å². The third-order valence-electron chi connectivity index (χ3n) is 4.36. The van der Waals surface area contributed by atoms with Gasteiger partial charge in [0.2, 0.25) is 0 Å². The highest BCUT2D eigenvalue weighted by molar-refractivity contribution is 6.30. The number of hydrogen-bond donors (Lipinski definition) is 6. The van der Waals surface area contributed by atoms with E-state index < -0.39 is 48.7 Å². The topological polar surface area (TPSA) is 165 Å². The van der Waals surface area contributed by atoms with Crippen molar-refractivity contribution in [2.24, 2.45) is 0 Å². The van der Waals surface area contributed by atoms with E-state index in [0.717, 1.165) is 6.20 Å². The lowest BCUT2D eigenvalue weighted by atomic mass is 9.97.